The molecule has 0 saturated carbocycles. The first-order chi connectivity index (χ1) is 11.6. The summed E-state index contributed by atoms with van der Waals surface area (Å²) in [5, 5.41) is 11.6. The Hall–Kier alpha value is -2.00. The summed E-state index contributed by atoms with van der Waals surface area (Å²) >= 11 is 5.81. The van der Waals surface area contributed by atoms with Crippen LogP contribution in [-0.2, 0) is 14.3 Å². The van der Waals surface area contributed by atoms with Crippen molar-refractivity contribution in [1.29, 1.82) is 0 Å². The molecule has 1 fully saturated rings. The number of carbonyl (C=O) groups is 2. The molecule has 0 bridgehead atoms. The number of quaternary nitrogens is 1. The van der Waals surface area contributed by atoms with Crippen LogP contribution in [0, 0.1) is 0 Å². The van der Waals surface area contributed by atoms with Crippen molar-refractivity contribution in [2.75, 3.05) is 13.7 Å². The predicted octanol–water partition coefficient (Wildman–Crippen LogP) is 0.285. The minimum atomic E-state index is -5.19. The number of hydrogen-bond donors (Lipinski definition) is 1. The minimum Gasteiger partial charge on any atom is -0.542 e. The molecule has 1 aliphatic heterocycles. The molecule has 1 aromatic carbocycles. The van der Waals surface area contributed by atoms with Gasteiger partial charge in [-0.3, -0.25) is 4.79 Å². The van der Waals surface area contributed by atoms with Crippen molar-refractivity contribution in [3.8, 4) is 5.75 Å². The van der Waals surface area contributed by atoms with Gasteiger partial charge in [0.2, 0.25) is 0 Å². The fourth-order valence-corrected chi connectivity index (χ4v) is 2.27. The zero-order valence-corrected chi connectivity index (χ0v) is 14.0. The van der Waals surface area contributed by atoms with Gasteiger partial charge in [0.1, 0.15) is 24.3 Å². The lowest BCUT2D eigenvalue weighted by Crippen LogP contribution is -2.87. The molecular weight excluding hydrogens is 367 g/mol. The van der Waals surface area contributed by atoms with Gasteiger partial charge in [-0.15, -0.1) is 0 Å². The number of aliphatic carboxylic acids is 1. The van der Waals surface area contributed by atoms with Gasteiger partial charge in [-0.1, -0.05) is 11.6 Å². The third kappa shape index (κ3) is 8.08. The topological polar surface area (TPSA) is 92.3 Å². The van der Waals surface area contributed by atoms with Gasteiger partial charge in [0.05, 0.1) is 13.5 Å². The molecular formula is C15H17ClF3NO5. The molecule has 1 aliphatic rings. The zero-order chi connectivity index (χ0) is 19.0. The van der Waals surface area contributed by atoms with Crippen LogP contribution < -0.4 is 15.2 Å². The maximum Gasteiger partial charge on any atom is 0.430 e. The van der Waals surface area contributed by atoms with Crippen LogP contribution in [0.25, 0.3) is 0 Å². The summed E-state index contributed by atoms with van der Waals surface area (Å²) in [4.78, 5) is 20.0. The summed E-state index contributed by atoms with van der Waals surface area (Å²) in [6, 6.07) is 7.59. The Kier molecular flexibility index (Phi) is 7.98. The maximum absolute atomic E-state index is 11.2. The Morgan fingerprint density at radius 3 is 2.36 bits per heavy atom. The van der Waals surface area contributed by atoms with Crippen LogP contribution in [0.3, 0.4) is 0 Å². The number of hydrogen-bond acceptors (Lipinski definition) is 5. The summed E-state index contributed by atoms with van der Waals surface area (Å²) in [5.74, 6) is -2.35. The van der Waals surface area contributed by atoms with Gasteiger partial charge in [0, 0.05) is 11.4 Å². The van der Waals surface area contributed by atoms with E-state index in [1.807, 2.05) is 24.3 Å². The quantitative estimate of drug-likeness (QED) is 0.754. The highest BCUT2D eigenvalue weighted by molar-refractivity contribution is 6.30. The fraction of sp³-hybridized carbons (Fsp3) is 0.467. The van der Waals surface area contributed by atoms with Gasteiger partial charge < -0.3 is 24.7 Å². The van der Waals surface area contributed by atoms with Crippen molar-refractivity contribution < 1.29 is 42.7 Å². The van der Waals surface area contributed by atoms with E-state index in [1.54, 1.807) is 0 Å². The van der Waals surface area contributed by atoms with Crippen molar-refractivity contribution in [2.24, 2.45) is 0 Å². The van der Waals surface area contributed by atoms with Crippen molar-refractivity contribution in [3.63, 3.8) is 0 Å². The largest absolute Gasteiger partial charge is 0.542 e. The highest BCUT2D eigenvalue weighted by Gasteiger charge is 2.31. The summed E-state index contributed by atoms with van der Waals surface area (Å²) in [7, 11) is 1.42. The second-order valence-corrected chi connectivity index (χ2v) is 5.66. The van der Waals surface area contributed by atoms with Crippen LogP contribution in [0.4, 0.5) is 13.2 Å². The highest BCUT2D eigenvalue weighted by atomic mass is 35.5. The van der Waals surface area contributed by atoms with Crippen LogP contribution in [0.2, 0.25) is 5.02 Å². The molecule has 6 nitrogen and oxygen atoms in total. The average Bonchev–Trinajstić information content (AvgIpc) is 2.96. The normalized spacial score (nSPS) is 19.6. The molecule has 2 rings (SSSR count). The first-order valence-corrected chi connectivity index (χ1v) is 7.60. The van der Waals surface area contributed by atoms with Crippen LogP contribution in [-0.4, -0.2) is 43.9 Å². The summed E-state index contributed by atoms with van der Waals surface area (Å²) in [5.41, 5.74) is 0. The smallest absolute Gasteiger partial charge is 0.430 e. The Balaban J connectivity index is 0.000000381. The number of halogens is 4. The molecule has 2 atom stereocenters. The van der Waals surface area contributed by atoms with E-state index in [0.717, 1.165) is 18.7 Å². The lowest BCUT2D eigenvalue weighted by molar-refractivity contribution is -0.670. The molecule has 0 amide bonds. The van der Waals surface area contributed by atoms with Crippen molar-refractivity contribution >= 4 is 23.5 Å². The van der Waals surface area contributed by atoms with Crippen LogP contribution in [0.1, 0.15) is 12.8 Å². The number of ether oxygens (including phenoxy) is 2. The predicted molar refractivity (Wildman–Crippen MR) is 78.8 cm³/mol. The molecule has 25 heavy (non-hydrogen) atoms. The third-order valence-corrected chi connectivity index (χ3v) is 3.55. The summed E-state index contributed by atoms with van der Waals surface area (Å²) in [6.07, 6.45) is -3.75. The van der Waals surface area contributed by atoms with Crippen molar-refractivity contribution in [2.45, 2.75) is 31.2 Å². The lowest BCUT2D eigenvalue weighted by Gasteiger charge is -2.10. The molecule has 0 spiro atoms. The highest BCUT2D eigenvalue weighted by Crippen LogP contribution is 2.19. The van der Waals surface area contributed by atoms with Crippen molar-refractivity contribution in [1.82, 2.24) is 0 Å². The van der Waals surface area contributed by atoms with E-state index in [9.17, 15) is 18.0 Å². The van der Waals surface area contributed by atoms with E-state index in [4.69, 9.17) is 26.2 Å². The Morgan fingerprint density at radius 2 is 1.88 bits per heavy atom. The number of rotatable bonds is 4. The maximum atomic E-state index is 11.2. The number of methoxy groups -OCH3 is 1. The Labute approximate surface area is 146 Å². The Morgan fingerprint density at radius 1 is 1.32 bits per heavy atom. The standard InChI is InChI=1S/C13H16ClNO3.C2HF3O2/c1-17-13(16)7-10-6-12(8-15-10)18-11-4-2-9(14)3-5-11;3-2(4,5)1(6)7/h2-5,10,12,15H,6-8H2,1H3;(H,6,7)/t10-,12-;/m1./s1. The van der Waals surface area contributed by atoms with Crippen LogP contribution in [0.5, 0.6) is 5.75 Å². The summed E-state index contributed by atoms with van der Waals surface area (Å²) in [6.45, 7) is 0.865. The fourth-order valence-electron chi connectivity index (χ4n) is 2.14. The Bertz CT molecular complexity index is 580. The number of carboxylic acids is 1. The zero-order valence-electron chi connectivity index (χ0n) is 13.2. The van der Waals surface area contributed by atoms with Crippen molar-refractivity contribution in [3.05, 3.63) is 29.3 Å². The summed E-state index contributed by atoms with van der Waals surface area (Å²) < 4.78 is 42.0. The molecule has 0 unspecified atom stereocenters. The number of benzene rings is 1. The van der Waals surface area contributed by atoms with E-state index >= 15 is 0 Å². The number of alkyl halides is 3. The van der Waals surface area contributed by atoms with E-state index in [1.165, 1.54) is 7.11 Å². The van der Waals surface area contributed by atoms with Gasteiger partial charge in [0.25, 0.3) is 0 Å². The SMILES string of the molecule is COC(=O)C[C@H]1C[C@@H](Oc2ccc(Cl)cc2)C[NH2+]1.O=C([O-])C(F)(F)F. The van der Waals surface area contributed by atoms with E-state index in [-0.39, 0.29) is 18.1 Å². The van der Waals surface area contributed by atoms with Gasteiger partial charge >= 0.3 is 12.1 Å². The average molecular weight is 384 g/mol. The molecule has 0 radical (unpaired) electrons. The molecule has 0 aromatic heterocycles. The van der Waals surface area contributed by atoms with Gasteiger partial charge in [-0.05, 0) is 24.3 Å². The minimum absolute atomic E-state index is 0.140. The monoisotopic (exact) mass is 383 g/mol. The number of carbonyl (C=O) groups excluding carboxylic acids is 2. The van der Waals surface area contributed by atoms with Gasteiger partial charge in [-0.2, -0.15) is 13.2 Å². The number of nitrogens with two attached hydrogens (primary N) is 1. The number of esters is 1. The molecule has 1 aromatic rings. The second kappa shape index (κ2) is 9.47. The second-order valence-electron chi connectivity index (χ2n) is 5.23. The van der Waals surface area contributed by atoms with E-state index in [0.29, 0.717) is 11.4 Å². The number of carboxylic acid groups (broad SMARTS) is 1. The third-order valence-electron chi connectivity index (χ3n) is 3.30. The lowest BCUT2D eigenvalue weighted by atomic mass is 10.1. The first kappa shape index (κ1) is 21.0. The molecule has 1 heterocycles. The van der Waals surface area contributed by atoms with Crippen LogP contribution in [0.15, 0.2) is 24.3 Å². The molecule has 10 heteroatoms. The van der Waals surface area contributed by atoms with E-state index < -0.39 is 12.1 Å². The molecule has 140 valence electrons. The van der Waals surface area contributed by atoms with Gasteiger partial charge in [-0.25, -0.2) is 0 Å². The van der Waals surface area contributed by atoms with E-state index in [2.05, 4.69) is 10.1 Å². The molecule has 2 N–H and O–H groups in total. The van der Waals surface area contributed by atoms with Crippen LogP contribution >= 0.6 is 11.6 Å². The molecule has 1 saturated heterocycles. The first-order valence-electron chi connectivity index (χ1n) is 7.22. The molecule has 0 aliphatic carbocycles. The van der Waals surface area contributed by atoms with Gasteiger partial charge in [0.15, 0.2) is 6.10 Å².